The zero-order valence-electron chi connectivity index (χ0n) is 10.3. The fraction of sp³-hybridized carbons (Fsp3) is 0.538. The molecule has 0 amide bonds. The Balaban J connectivity index is 2.44. The predicted molar refractivity (Wildman–Crippen MR) is 74.9 cm³/mol. The molecule has 0 unspecified atom stereocenters. The van der Waals surface area contributed by atoms with Gasteiger partial charge >= 0.3 is 0 Å². The summed E-state index contributed by atoms with van der Waals surface area (Å²) in [5.74, 6) is 0. The van der Waals surface area contributed by atoms with Crippen molar-refractivity contribution >= 4 is 21.6 Å². The van der Waals surface area contributed by atoms with Crippen LogP contribution in [0, 0.1) is 0 Å². The van der Waals surface area contributed by atoms with E-state index in [0.29, 0.717) is 0 Å². The summed E-state index contributed by atoms with van der Waals surface area (Å²) < 4.78 is 1.12. The highest BCUT2D eigenvalue weighted by Gasteiger charge is 2.10. The van der Waals surface area contributed by atoms with Crippen molar-refractivity contribution in [1.82, 2.24) is 0 Å². The molecule has 1 aromatic rings. The van der Waals surface area contributed by atoms with Gasteiger partial charge in [0.25, 0.3) is 0 Å². The molecule has 0 fully saturated rings. The largest absolute Gasteiger partial charge is 0.375 e. The fourth-order valence-corrected chi connectivity index (χ4v) is 2.00. The van der Waals surface area contributed by atoms with Gasteiger partial charge in [0.05, 0.1) is 0 Å². The van der Waals surface area contributed by atoms with E-state index in [4.69, 9.17) is 5.73 Å². The topological polar surface area (TPSA) is 29.3 Å². The van der Waals surface area contributed by atoms with Crippen LogP contribution in [0.2, 0.25) is 0 Å². The van der Waals surface area contributed by atoms with Gasteiger partial charge in [0, 0.05) is 29.3 Å². The van der Waals surface area contributed by atoms with Crippen molar-refractivity contribution in [3.63, 3.8) is 0 Å². The van der Waals surface area contributed by atoms with Crippen LogP contribution < -0.4 is 10.6 Å². The first-order valence-corrected chi connectivity index (χ1v) is 6.43. The Morgan fingerprint density at radius 3 is 2.62 bits per heavy atom. The summed E-state index contributed by atoms with van der Waals surface area (Å²) in [5, 5.41) is 0. The summed E-state index contributed by atoms with van der Waals surface area (Å²) in [6.07, 6.45) is 2.16. The molecule has 0 saturated heterocycles. The van der Waals surface area contributed by atoms with Crippen molar-refractivity contribution in [2.75, 3.05) is 18.5 Å². The minimum atomic E-state index is -0.0574. The summed E-state index contributed by atoms with van der Waals surface area (Å²) in [7, 11) is 2.12. The van der Waals surface area contributed by atoms with Gasteiger partial charge in [-0.15, -0.1) is 0 Å². The lowest BCUT2D eigenvalue weighted by atomic mass is 10.00. The SMILES string of the molecule is CN(CCCC(C)(C)N)c1cccc(Br)c1. The number of rotatable bonds is 5. The van der Waals surface area contributed by atoms with Gasteiger partial charge in [-0.25, -0.2) is 0 Å². The summed E-state index contributed by atoms with van der Waals surface area (Å²) in [6.45, 7) is 5.19. The van der Waals surface area contributed by atoms with Crippen LogP contribution >= 0.6 is 15.9 Å². The van der Waals surface area contributed by atoms with Crippen LogP contribution in [0.5, 0.6) is 0 Å². The van der Waals surface area contributed by atoms with Crippen LogP contribution in [0.25, 0.3) is 0 Å². The molecule has 1 rings (SSSR count). The number of hydrogen-bond donors (Lipinski definition) is 1. The maximum absolute atomic E-state index is 5.96. The molecule has 2 N–H and O–H groups in total. The number of nitrogens with two attached hydrogens (primary N) is 1. The van der Waals surface area contributed by atoms with Gasteiger partial charge in [-0.1, -0.05) is 22.0 Å². The molecule has 0 saturated carbocycles. The van der Waals surface area contributed by atoms with Crippen molar-refractivity contribution in [2.45, 2.75) is 32.2 Å². The van der Waals surface area contributed by atoms with E-state index in [1.807, 2.05) is 6.07 Å². The second kappa shape index (κ2) is 5.69. The molecule has 0 radical (unpaired) electrons. The van der Waals surface area contributed by atoms with Gasteiger partial charge in [-0.2, -0.15) is 0 Å². The molecule has 0 aromatic heterocycles. The van der Waals surface area contributed by atoms with E-state index in [0.717, 1.165) is 23.9 Å². The van der Waals surface area contributed by atoms with Gasteiger partial charge in [-0.05, 0) is 44.9 Å². The first-order chi connectivity index (χ1) is 7.38. The number of hydrogen-bond acceptors (Lipinski definition) is 2. The summed E-state index contributed by atoms with van der Waals surface area (Å²) >= 11 is 3.48. The number of benzene rings is 1. The number of halogens is 1. The van der Waals surface area contributed by atoms with Crippen LogP contribution in [0.3, 0.4) is 0 Å². The van der Waals surface area contributed by atoms with Gasteiger partial charge in [0.15, 0.2) is 0 Å². The minimum absolute atomic E-state index is 0.0574. The van der Waals surface area contributed by atoms with Crippen LogP contribution in [0.15, 0.2) is 28.7 Å². The van der Waals surface area contributed by atoms with E-state index >= 15 is 0 Å². The maximum Gasteiger partial charge on any atom is 0.0374 e. The highest BCUT2D eigenvalue weighted by Crippen LogP contribution is 2.19. The lowest BCUT2D eigenvalue weighted by Gasteiger charge is -2.23. The Labute approximate surface area is 107 Å². The Bertz CT molecular complexity index is 331. The normalized spacial score (nSPS) is 11.6. The maximum atomic E-state index is 5.96. The van der Waals surface area contributed by atoms with Crippen LogP contribution in [0.4, 0.5) is 5.69 Å². The Hall–Kier alpha value is -0.540. The molecule has 0 aliphatic carbocycles. The van der Waals surface area contributed by atoms with E-state index in [-0.39, 0.29) is 5.54 Å². The fourth-order valence-electron chi connectivity index (χ4n) is 1.61. The molecule has 0 atom stereocenters. The van der Waals surface area contributed by atoms with Crippen molar-refractivity contribution in [3.05, 3.63) is 28.7 Å². The number of anilines is 1. The lowest BCUT2D eigenvalue weighted by molar-refractivity contribution is 0.460. The van der Waals surface area contributed by atoms with Crippen molar-refractivity contribution in [2.24, 2.45) is 5.73 Å². The molecular weight excluding hydrogens is 264 g/mol. The summed E-state index contributed by atoms with van der Waals surface area (Å²) in [5.41, 5.74) is 7.14. The van der Waals surface area contributed by atoms with E-state index in [2.05, 4.69) is 59.9 Å². The Kier molecular flexibility index (Phi) is 4.81. The minimum Gasteiger partial charge on any atom is -0.375 e. The molecule has 2 nitrogen and oxygen atoms in total. The molecular formula is C13H21BrN2. The third-order valence-electron chi connectivity index (χ3n) is 2.56. The van der Waals surface area contributed by atoms with Crippen molar-refractivity contribution < 1.29 is 0 Å². The Morgan fingerprint density at radius 1 is 1.38 bits per heavy atom. The molecule has 16 heavy (non-hydrogen) atoms. The van der Waals surface area contributed by atoms with Gasteiger partial charge in [0.1, 0.15) is 0 Å². The van der Waals surface area contributed by atoms with Crippen molar-refractivity contribution in [1.29, 1.82) is 0 Å². The van der Waals surface area contributed by atoms with Gasteiger partial charge in [-0.3, -0.25) is 0 Å². The van der Waals surface area contributed by atoms with E-state index in [9.17, 15) is 0 Å². The van der Waals surface area contributed by atoms with Gasteiger partial charge < -0.3 is 10.6 Å². The smallest absolute Gasteiger partial charge is 0.0374 e. The highest BCUT2D eigenvalue weighted by molar-refractivity contribution is 9.10. The molecule has 90 valence electrons. The van der Waals surface area contributed by atoms with E-state index in [1.165, 1.54) is 5.69 Å². The molecule has 0 aliphatic heterocycles. The summed E-state index contributed by atoms with van der Waals surface area (Å²) in [6, 6.07) is 8.36. The first-order valence-electron chi connectivity index (χ1n) is 5.64. The van der Waals surface area contributed by atoms with Gasteiger partial charge in [0.2, 0.25) is 0 Å². The quantitative estimate of drug-likeness (QED) is 0.898. The van der Waals surface area contributed by atoms with Crippen LogP contribution in [0.1, 0.15) is 26.7 Å². The molecule has 0 spiro atoms. The zero-order chi connectivity index (χ0) is 12.2. The third-order valence-corrected chi connectivity index (χ3v) is 3.06. The molecule has 0 bridgehead atoms. The molecule has 3 heteroatoms. The average molecular weight is 285 g/mol. The van der Waals surface area contributed by atoms with Crippen LogP contribution in [-0.2, 0) is 0 Å². The first kappa shape index (κ1) is 13.5. The third kappa shape index (κ3) is 4.99. The summed E-state index contributed by atoms with van der Waals surface area (Å²) in [4.78, 5) is 2.26. The van der Waals surface area contributed by atoms with Crippen LogP contribution in [-0.4, -0.2) is 19.1 Å². The van der Waals surface area contributed by atoms with Crippen molar-refractivity contribution in [3.8, 4) is 0 Å². The highest BCUT2D eigenvalue weighted by atomic mass is 79.9. The zero-order valence-corrected chi connectivity index (χ0v) is 11.9. The van der Waals surface area contributed by atoms with E-state index in [1.54, 1.807) is 0 Å². The Morgan fingerprint density at radius 2 is 2.06 bits per heavy atom. The second-order valence-electron chi connectivity index (χ2n) is 4.99. The predicted octanol–water partition coefficient (Wildman–Crippen LogP) is 3.40. The molecule has 0 aliphatic rings. The molecule has 1 aromatic carbocycles. The van der Waals surface area contributed by atoms with E-state index < -0.39 is 0 Å². The second-order valence-corrected chi connectivity index (χ2v) is 5.91. The average Bonchev–Trinajstić information content (AvgIpc) is 2.15. The lowest BCUT2D eigenvalue weighted by Crippen LogP contribution is -2.33. The standard InChI is InChI=1S/C13H21BrN2/c1-13(2,15)8-5-9-16(3)12-7-4-6-11(14)10-12/h4,6-7,10H,5,8-9,15H2,1-3H3. The monoisotopic (exact) mass is 284 g/mol. The number of nitrogens with zero attached hydrogens (tertiary/aromatic N) is 1. The molecule has 0 heterocycles.